The van der Waals surface area contributed by atoms with E-state index in [1.807, 2.05) is 14.0 Å². The Labute approximate surface area is 183 Å². The SMILES string of the molecule is CNC12C=CC(C1)C1CN(c3c(F)cc4c(=O)c(OC(=O)O)cn5c4c3OCC5C)CC12. The van der Waals surface area contributed by atoms with Gasteiger partial charge in [0.2, 0.25) is 5.43 Å². The van der Waals surface area contributed by atoms with Gasteiger partial charge in [0.15, 0.2) is 17.3 Å². The molecule has 4 aliphatic rings. The van der Waals surface area contributed by atoms with Gasteiger partial charge in [0.1, 0.15) is 12.3 Å². The molecule has 1 saturated heterocycles. The number of halogens is 1. The molecule has 0 amide bonds. The normalized spacial score (nSPS) is 31.8. The molecule has 8 nitrogen and oxygen atoms in total. The fourth-order valence-corrected chi connectivity index (χ4v) is 6.40. The quantitative estimate of drug-likeness (QED) is 0.559. The minimum absolute atomic E-state index is 0.0464. The topological polar surface area (TPSA) is 93.0 Å². The minimum atomic E-state index is -1.59. The summed E-state index contributed by atoms with van der Waals surface area (Å²) in [6.07, 6.45) is 5.43. The van der Waals surface area contributed by atoms with Gasteiger partial charge in [0, 0.05) is 24.5 Å². The predicted octanol–water partition coefficient (Wildman–Crippen LogP) is 2.75. The van der Waals surface area contributed by atoms with Gasteiger partial charge >= 0.3 is 6.16 Å². The predicted molar refractivity (Wildman–Crippen MR) is 115 cm³/mol. The molecule has 2 aliphatic carbocycles. The van der Waals surface area contributed by atoms with Crippen LogP contribution in [0.3, 0.4) is 0 Å². The van der Waals surface area contributed by atoms with Crippen molar-refractivity contribution in [3.8, 4) is 11.5 Å². The lowest BCUT2D eigenvalue weighted by atomic mass is 9.82. The molecule has 32 heavy (non-hydrogen) atoms. The van der Waals surface area contributed by atoms with Gasteiger partial charge < -0.3 is 29.4 Å². The lowest BCUT2D eigenvalue weighted by Gasteiger charge is -2.33. The standard InChI is InChI=1S/C23H24FN3O5/c1-11-10-31-21-18-13(20(28)17(9-27(11)18)32-22(29)30)5-16(24)19(21)26-7-14-12-3-4-23(6-12,25-2)15(14)8-26/h3-5,9,11-12,14-15,25H,6-8,10H2,1-2H3,(H,29,30). The molecule has 2 aromatic rings. The number of nitrogens with zero attached hydrogens (tertiary/aromatic N) is 2. The van der Waals surface area contributed by atoms with Crippen molar-refractivity contribution in [1.82, 2.24) is 9.88 Å². The molecule has 6 rings (SSSR count). The molecule has 5 unspecified atom stereocenters. The monoisotopic (exact) mass is 441 g/mol. The molecule has 9 heteroatoms. The number of nitrogens with one attached hydrogen (secondary N) is 1. The van der Waals surface area contributed by atoms with Crippen molar-refractivity contribution in [3.05, 3.63) is 40.5 Å². The average molecular weight is 441 g/mol. The van der Waals surface area contributed by atoms with Crippen molar-refractivity contribution < 1.29 is 23.8 Å². The largest absolute Gasteiger partial charge is 0.511 e. The van der Waals surface area contributed by atoms with E-state index in [4.69, 9.17) is 9.84 Å². The fourth-order valence-electron chi connectivity index (χ4n) is 6.40. The number of likely N-dealkylation sites (N-methyl/N-ethyl adjacent to an activating group) is 1. The van der Waals surface area contributed by atoms with Gasteiger partial charge in [-0.15, -0.1) is 0 Å². The van der Waals surface area contributed by atoms with Crippen LogP contribution in [0.15, 0.2) is 29.2 Å². The average Bonchev–Trinajstić information content (AvgIpc) is 3.44. The maximum absolute atomic E-state index is 15.6. The van der Waals surface area contributed by atoms with Crippen molar-refractivity contribution in [2.75, 3.05) is 31.6 Å². The van der Waals surface area contributed by atoms with Gasteiger partial charge in [0.25, 0.3) is 0 Å². The first-order valence-corrected chi connectivity index (χ1v) is 10.9. The number of fused-ring (bicyclic) bond motifs is 5. The van der Waals surface area contributed by atoms with Crippen LogP contribution in [-0.4, -0.2) is 48.1 Å². The zero-order valence-corrected chi connectivity index (χ0v) is 17.8. The zero-order chi connectivity index (χ0) is 22.4. The number of carboxylic acid groups (broad SMARTS) is 1. The first-order valence-electron chi connectivity index (χ1n) is 10.9. The van der Waals surface area contributed by atoms with Crippen molar-refractivity contribution >= 4 is 22.7 Å². The molecule has 1 aromatic carbocycles. The van der Waals surface area contributed by atoms with E-state index in [1.165, 1.54) is 12.3 Å². The number of hydrogen-bond acceptors (Lipinski definition) is 6. The second-order valence-corrected chi connectivity index (χ2v) is 9.38. The van der Waals surface area contributed by atoms with E-state index in [0.717, 1.165) is 13.0 Å². The highest BCUT2D eigenvalue weighted by molar-refractivity contribution is 5.93. The van der Waals surface area contributed by atoms with Crippen molar-refractivity contribution in [2.24, 2.45) is 17.8 Å². The Bertz CT molecular complexity index is 1260. The van der Waals surface area contributed by atoms with Gasteiger partial charge in [-0.25, -0.2) is 9.18 Å². The molecule has 1 aromatic heterocycles. The Kier molecular flexibility index (Phi) is 3.97. The molecular formula is C23H24FN3O5. The number of benzene rings is 1. The third-order valence-corrected chi connectivity index (χ3v) is 7.88. The first-order chi connectivity index (χ1) is 15.3. The van der Waals surface area contributed by atoms with Crippen LogP contribution in [0.5, 0.6) is 11.5 Å². The van der Waals surface area contributed by atoms with E-state index >= 15 is 4.39 Å². The molecule has 0 radical (unpaired) electrons. The van der Waals surface area contributed by atoms with Gasteiger partial charge in [0.05, 0.1) is 23.1 Å². The summed E-state index contributed by atoms with van der Waals surface area (Å²) in [6, 6.07) is 1.02. The molecule has 0 spiro atoms. The molecule has 2 aliphatic heterocycles. The Hall–Kier alpha value is -3.07. The Balaban J connectivity index is 1.50. The molecule has 168 valence electrons. The van der Waals surface area contributed by atoms with Crippen LogP contribution in [0, 0.1) is 23.6 Å². The molecule has 1 saturated carbocycles. The van der Waals surface area contributed by atoms with Gasteiger partial charge in [-0.2, -0.15) is 0 Å². The van der Waals surface area contributed by atoms with Crippen molar-refractivity contribution in [1.29, 1.82) is 0 Å². The Morgan fingerprint density at radius 3 is 2.97 bits per heavy atom. The third-order valence-electron chi connectivity index (χ3n) is 7.88. The van der Waals surface area contributed by atoms with E-state index in [-0.39, 0.29) is 29.3 Å². The summed E-state index contributed by atoms with van der Waals surface area (Å²) in [7, 11) is 1.98. The number of pyridine rings is 1. The Morgan fingerprint density at radius 2 is 2.22 bits per heavy atom. The maximum Gasteiger partial charge on any atom is 0.511 e. The maximum atomic E-state index is 15.6. The molecule has 5 atom stereocenters. The van der Waals surface area contributed by atoms with Crippen LogP contribution in [0.4, 0.5) is 14.9 Å². The number of aromatic nitrogens is 1. The number of hydrogen-bond donors (Lipinski definition) is 2. The van der Waals surface area contributed by atoms with Gasteiger partial charge in [-0.1, -0.05) is 12.2 Å². The molecule has 2 fully saturated rings. The summed E-state index contributed by atoms with van der Waals surface area (Å²) < 4.78 is 28.0. The van der Waals surface area contributed by atoms with Gasteiger partial charge in [-0.05, 0) is 38.3 Å². The van der Waals surface area contributed by atoms with Crippen LogP contribution in [0.25, 0.3) is 10.9 Å². The smallest absolute Gasteiger partial charge is 0.487 e. The summed E-state index contributed by atoms with van der Waals surface area (Å²) in [6.45, 7) is 3.59. The number of ether oxygens (including phenoxy) is 2. The second-order valence-electron chi connectivity index (χ2n) is 9.38. The summed E-state index contributed by atoms with van der Waals surface area (Å²) in [5.41, 5.74) is 0.140. The van der Waals surface area contributed by atoms with E-state index in [9.17, 15) is 9.59 Å². The number of carbonyl (C=O) groups is 1. The van der Waals surface area contributed by atoms with E-state index < -0.39 is 17.4 Å². The molecule has 2 bridgehead atoms. The summed E-state index contributed by atoms with van der Waals surface area (Å²) in [5, 5.41) is 12.5. The van der Waals surface area contributed by atoms with Crippen LogP contribution >= 0.6 is 0 Å². The number of rotatable bonds is 3. The highest BCUT2D eigenvalue weighted by Gasteiger charge is 2.57. The molecule has 3 heterocycles. The van der Waals surface area contributed by atoms with Gasteiger partial charge in [-0.3, -0.25) is 4.79 Å². The lowest BCUT2D eigenvalue weighted by molar-refractivity contribution is 0.143. The van der Waals surface area contributed by atoms with E-state index in [1.54, 1.807) is 4.57 Å². The fraction of sp³-hybridized carbons (Fsp3) is 0.478. The number of allylic oxidation sites excluding steroid dienone is 1. The van der Waals surface area contributed by atoms with Crippen LogP contribution in [0.2, 0.25) is 0 Å². The van der Waals surface area contributed by atoms with Crippen LogP contribution < -0.4 is 25.1 Å². The van der Waals surface area contributed by atoms with Crippen LogP contribution in [0.1, 0.15) is 19.4 Å². The lowest BCUT2D eigenvalue weighted by Crippen LogP contribution is -2.46. The summed E-state index contributed by atoms with van der Waals surface area (Å²) in [4.78, 5) is 26.0. The number of anilines is 1. The minimum Gasteiger partial charge on any atom is -0.487 e. The van der Waals surface area contributed by atoms with Crippen molar-refractivity contribution in [2.45, 2.75) is 24.9 Å². The summed E-state index contributed by atoms with van der Waals surface area (Å²) >= 11 is 0. The highest BCUT2D eigenvalue weighted by atomic mass is 19.1. The van der Waals surface area contributed by atoms with E-state index in [0.29, 0.717) is 41.3 Å². The highest BCUT2D eigenvalue weighted by Crippen LogP contribution is 2.55. The first kappa shape index (κ1) is 19.6. The second kappa shape index (κ2) is 6.48. The van der Waals surface area contributed by atoms with Crippen molar-refractivity contribution in [3.63, 3.8) is 0 Å². The third kappa shape index (κ3) is 2.45. The van der Waals surface area contributed by atoms with E-state index in [2.05, 4.69) is 27.1 Å². The molecule has 2 N–H and O–H groups in total. The molecular weight excluding hydrogens is 417 g/mol. The zero-order valence-electron chi connectivity index (χ0n) is 17.8. The summed E-state index contributed by atoms with van der Waals surface area (Å²) in [5.74, 6) is 0.748. The van der Waals surface area contributed by atoms with Crippen LogP contribution in [-0.2, 0) is 0 Å². The Morgan fingerprint density at radius 1 is 1.41 bits per heavy atom.